The summed E-state index contributed by atoms with van der Waals surface area (Å²) >= 11 is 0. The van der Waals surface area contributed by atoms with Crippen molar-refractivity contribution in [3.63, 3.8) is 0 Å². The van der Waals surface area contributed by atoms with Crippen molar-refractivity contribution >= 4 is 19.7 Å². The van der Waals surface area contributed by atoms with E-state index >= 15 is 0 Å². The molecular weight excluding hydrogens is 196 g/mol. The predicted molar refractivity (Wildman–Crippen MR) is 48.6 cm³/mol. The zero-order valence-electron chi connectivity index (χ0n) is 6.87. The van der Waals surface area contributed by atoms with Gasteiger partial charge in [-0.3, -0.25) is 0 Å². The molecule has 0 aliphatic heterocycles. The molecule has 0 unspecified atom stereocenters. The van der Waals surface area contributed by atoms with Crippen LogP contribution in [0.2, 0.25) is 0 Å². The quantitative estimate of drug-likeness (QED) is 0.663. The summed E-state index contributed by atoms with van der Waals surface area (Å²) in [6, 6.07) is 0. The molecule has 2 saturated carbocycles. The molecule has 4 heteroatoms. The van der Waals surface area contributed by atoms with Crippen molar-refractivity contribution in [2.45, 2.75) is 25.7 Å². The Labute approximate surface area is 77.7 Å². The molecule has 0 aromatic rings. The summed E-state index contributed by atoms with van der Waals surface area (Å²) in [5, 5.41) is 0. The molecule has 2 aliphatic carbocycles. The molecule has 0 bridgehead atoms. The Morgan fingerprint density at radius 3 is 2.50 bits per heavy atom. The number of hydrogen-bond donors (Lipinski definition) is 0. The second-order valence-electron chi connectivity index (χ2n) is 4.03. The lowest BCUT2D eigenvalue weighted by Gasteiger charge is -1.95. The van der Waals surface area contributed by atoms with Crippen LogP contribution in [0.3, 0.4) is 0 Å². The van der Waals surface area contributed by atoms with Crippen LogP contribution in [0.5, 0.6) is 0 Å². The van der Waals surface area contributed by atoms with E-state index in [-0.39, 0.29) is 5.75 Å². The van der Waals surface area contributed by atoms with E-state index in [0.717, 1.165) is 18.3 Å². The number of halogens is 1. The van der Waals surface area contributed by atoms with Crippen LogP contribution in [-0.4, -0.2) is 14.2 Å². The van der Waals surface area contributed by atoms with E-state index < -0.39 is 9.05 Å². The Hall–Kier alpha value is 0.240. The molecule has 0 N–H and O–H groups in total. The lowest BCUT2D eigenvalue weighted by Crippen LogP contribution is -1.99. The van der Waals surface area contributed by atoms with Gasteiger partial charge in [0.1, 0.15) is 0 Å². The zero-order valence-corrected chi connectivity index (χ0v) is 8.44. The Morgan fingerprint density at radius 1 is 1.33 bits per heavy atom. The second-order valence-corrected chi connectivity index (χ2v) is 6.93. The van der Waals surface area contributed by atoms with E-state index in [1.807, 2.05) is 0 Å². The highest BCUT2D eigenvalue weighted by Gasteiger charge is 2.46. The first-order valence-corrected chi connectivity index (χ1v) is 6.96. The minimum absolute atomic E-state index is 0.169. The summed E-state index contributed by atoms with van der Waals surface area (Å²) in [6.45, 7) is 0. The monoisotopic (exact) mass is 208 g/mol. The normalized spacial score (nSPS) is 35.1. The average Bonchev–Trinajstić information content (AvgIpc) is 2.78. The van der Waals surface area contributed by atoms with Gasteiger partial charge in [-0.05, 0) is 43.4 Å². The molecule has 0 radical (unpaired) electrons. The third kappa shape index (κ3) is 2.36. The van der Waals surface area contributed by atoms with Crippen LogP contribution < -0.4 is 0 Å². The standard InChI is InChI=1S/C8H13ClO2S/c9-12(10,11)4-3-7-5-8(7)6-1-2-6/h6-8H,1-5H2/t7-,8+/m1/s1. The molecule has 0 aromatic carbocycles. The number of rotatable bonds is 4. The highest BCUT2D eigenvalue weighted by Crippen LogP contribution is 2.55. The van der Waals surface area contributed by atoms with Gasteiger partial charge in [0.05, 0.1) is 5.75 Å². The van der Waals surface area contributed by atoms with Crippen LogP contribution in [-0.2, 0) is 9.05 Å². The molecule has 0 heterocycles. The van der Waals surface area contributed by atoms with Gasteiger partial charge in [-0.2, -0.15) is 0 Å². The Balaban J connectivity index is 1.69. The van der Waals surface area contributed by atoms with Crippen molar-refractivity contribution in [3.8, 4) is 0 Å². The molecule has 0 spiro atoms. The van der Waals surface area contributed by atoms with Crippen molar-refractivity contribution in [1.82, 2.24) is 0 Å². The van der Waals surface area contributed by atoms with Crippen LogP contribution in [0.1, 0.15) is 25.7 Å². The van der Waals surface area contributed by atoms with Crippen LogP contribution in [0, 0.1) is 17.8 Å². The fourth-order valence-electron chi connectivity index (χ4n) is 2.00. The highest BCUT2D eigenvalue weighted by atomic mass is 35.7. The van der Waals surface area contributed by atoms with E-state index in [2.05, 4.69) is 0 Å². The summed E-state index contributed by atoms with van der Waals surface area (Å²) < 4.78 is 21.2. The van der Waals surface area contributed by atoms with Gasteiger partial charge < -0.3 is 0 Å². The van der Waals surface area contributed by atoms with Crippen molar-refractivity contribution in [2.75, 3.05) is 5.75 Å². The first kappa shape index (κ1) is 8.82. The smallest absolute Gasteiger partial charge is 0.212 e. The maximum absolute atomic E-state index is 10.6. The van der Waals surface area contributed by atoms with Crippen molar-refractivity contribution < 1.29 is 8.42 Å². The van der Waals surface area contributed by atoms with E-state index in [4.69, 9.17) is 10.7 Å². The maximum atomic E-state index is 10.6. The van der Waals surface area contributed by atoms with Gasteiger partial charge in [-0.25, -0.2) is 8.42 Å². The molecule has 2 atom stereocenters. The highest BCUT2D eigenvalue weighted by molar-refractivity contribution is 8.13. The summed E-state index contributed by atoms with van der Waals surface area (Å²) in [5.74, 6) is 2.63. The molecule has 2 nitrogen and oxygen atoms in total. The van der Waals surface area contributed by atoms with Gasteiger partial charge in [0.25, 0.3) is 0 Å². The van der Waals surface area contributed by atoms with Gasteiger partial charge in [-0.1, -0.05) is 0 Å². The summed E-state index contributed by atoms with van der Waals surface area (Å²) in [5.41, 5.74) is 0. The molecule has 0 saturated heterocycles. The molecule has 0 amide bonds. The van der Waals surface area contributed by atoms with Crippen LogP contribution in [0.25, 0.3) is 0 Å². The predicted octanol–water partition coefficient (Wildman–Crippen LogP) is 1.99. The Morgan fingerprint density at radius 2 is 2.00 bits per heavy atom. The second kappa shape index (κ2) is 2.88. The summed E-state index contributed by atoms with van der Waals surface area (Å²) in [7, 11) is 1.88. The number of hydrogen-bond acceptors (Lipinski definition) is 2. The van der Waals surface area contributed by atoms with E-state index in [9.17, 15) is 8.42 Å². The van der Waals surface area contributed by atoms with Crippen LogP contribution in [0.15, 0.2) is 0 Å². The topological polar surface area (TPSA) is 34.1 Å². The molecule has 12 heavy (non-hydrogen) atoms. The Bertz CT molecular complexity index is 269. The lowest BCUT2D eigenvalue weighted by atomic mass is 10.2. The van der Waals surface area contributed by atoms with Gasteiger partial charge in [0.15, 0.2) is 0 Å². The summed E-state index contributed by atoms with van der Waals surface area (Å²) in [6.07, 6.45) is 4.77. The van der Waals surface area contributed by atoms with E-state index in [1.54, 1.807) is 0 Å². The third-order valence-electron chi connectivity index (χ3n) is 2.94. The average molecular weight is 209 g/mol. The zero-order chi connectivity index (χ0) is 8.77. The summed E-state index contributed by atoms with van der Waals surface area (Å²) in [4.78, 5) is 0. The first-order chi connectivity index (χ1) is 5.56. The molecular formula is C8H13ClO2S. The largest absolute Gasteiger partial charge is 0.232 e. The van der Waals surface area contributed by atoms with E-state index in [1.165, 1.54) is 19.3 Å². The molecule has 2 rings (SSSR count). The van der Waals surface area contributed by atoms with Gasteiger partial charge >= 0.3 is 0 Å². The molecule has 2 fully saturated rings. The van der Waals surface area contributed by atoms with Gasteiger partial charge in [0, 0.05) is 10.7 Å². The third-order valence-corrected chi connectivity index (χ3v) is 4.12. The SMILES string of the molecule is O=S(=O)(Cl)CC[C@@H]1C[C@H]1C1CC1. The Kier molecular flexibility index (Phi) is 2.11. The van der Waals surface area contributed by atoms with Crippen molar-refractivity contribution in [1.29, 1.82) is 0 Å². The van der Waals surface area contributed by atoms with Gasteiger partial charge in [-0.15, -0.1) is 0 Å². The van der Waals surface area contributed by atoms with Crippen molar-refractivity contribution in [2.24, 2.45) is 17.8 Å². The minimum Gasteiger partial charge on any atom is -0.212 e. The fourth-order valence-corrected chi connectivity index (χ4v) is 2.85. The minimum atomic E-state index is -3.24. The van der Waals surface area contributed by atoms with Crippen molar-refractivity contribution in [3.05, 3.63) is 0 Å². The molecule has 70 valence electrons. The van der Waals surface area contributed by atoms with Gasteiger partial charge in [0.2, 0.25) is 9.05 Å². The molecule has 2 aliphatic rings. The fraction of sp³-hybridized carbons (Fsp3) is 1.00. The lowest BCUT2D eigenvalue weighted by molar-refractivity contribution is 0.588. The van der Waals surface area contributed by atoms with Crippen LogP contribution >= 0.6 is 10.7 Å². The first-order valence-electron chi connectivity index (χ1n) is 4.48. The maximum Gasteiger partial charge on any atom is 0.232 e. The van der Waals surface area contributed by atoms with Crippen LogP contribution in [0.4, 0.5) is 0 Å². The molecule has 0 aromatic heterocycles. The van der Waals surface area contributed by atoms with E-state index in [0.29, 0.717) is 5.92 Å².